The van der Waals surface area contributed by atoms with Crippen LogP contribution in [0.4, 0.5) is 0 Å². The molecule has 3 rings (SSSR count). The molecule has 0 aromatic heterocycles. The maximum Gasteiger partial charge on any atom is 0.251 e. The first-order chi connectivity index (χ1) is 11.4. The van der Waals surface area contributed by atoms with Crippen molar-refractivity contribution < 1.29 is 14.3 Å². The fourth-order valence-corrected chi connectivity index (χ4v) is 3.20. The van der Waals surface area contributed by atoms with E-state index in [0.29, 0.717) is 12.0 Å². The monoisotopic (exact) mass is 389 g/mol. The molecule has 2 aromatic carbocycles. The number of halogens is 1. The summed E-state index contributed by atoms with van der Waals surface area (Å²) in [6.45, 7) is 4.05. The molecule has 0 fully saturated rings. The molecule has 0 aliphatic carbocycles. The minimum absolute atomic E-state index is 0.0982. The largest absolute Gasteiger partial charge is 0.497 e. The second kappa shape index (κ2) is 6.48. The summed E-state index contributed by atoms with van der Waals surface area (Å²) in [5, 5.41) is 3.13. The summed E-state index contributed by atoms with van der Waals surface area (Å²) < 4.78 is 12.3. The van der Waals surface area contributed by atoms with Crippen LogP contribution in [0.5, 0.6) is 11.5 Å². The molecule has 0 saturated heterocycles. The van der Waals surface area contributed by atoms with Crippen molar-refractivity contribution in [3.63, 3.8) is 0 Å². The molecule has 1 aliphatic heterocycles. The van der Waals surface area contributed by atoms with E-state index in [2.05, 4.69) is 21.2 Å². The number of carbonyl (C=O) groups excluding carboxylic acids is 1. The Kier molecular flexibility index (Phi) is 4.54. The number of methoxy groups -OCH3 is 1. The zero-order valence-electron chi connectivity index (χ0n) is 13.9. The van der Waals surface area contributed by atoms with Crippen LogP contribution < -0.4 is 14.8 Å². The molecule has 4 nitrogen and oxygen atoms in total. The quantitative estimate of drug-likeness (QED) is 0.840. The lowest BCUT2D eigenvalue weighted by Crippen LogP contribution is -2.41. The highest BCUT2D eigenvalue weighted by atomic mass is 79.9. The van der Waals surface area contributed by atoms with Crippen molar-refractivity contribution in [3.8, 4) is 11.5 Å². The third-order valence-corrected chi connectivity index (χ3v) is 4.61. The van der Waals surface area contributed by atoms with Gasteiger partial charge in [0.1, 0.15) is 17.1 Å². The first-order valence-electron chi connectivity index (χ1n) is 7.81. The van der Waals surface area contributed by atoms with Gasteiger partial charge in [-0.2, -0.15) is 0 Å². The van der Waals surface area contributed by atoms with E-state index >= 15 is 0 Å². The highest BCUT2D eigenvalue weighted by molar-refractivity contribution is 9.10. The highest BCUT2D eigenvalue weighted by Gasteiger charge is 2.35. The molecule has 2 aromatic rings. The van der Waals surface area contributed by atoms with Crippen LogP contribution in [0.1, 0.15) is 42.2 Å². The Labute approximate surface area is 150 Å². The van der Waals surface area contributed by atoms with Crippen LogP contribution in [0.15, 0.2) is 46.9 Å². The number of fused-ring (bicyclic) bond motifs is 1. The highest BCUT2D eigenvalue weighted by Crippen LogP contribution is 2.41. The summed E-state index contributed by atoms with van der Waals surface area (Å²) >= 11 is 3.38. The van der Waals surface area contributed by atoms with Crippen LogP contribution >= 0.6 is 15.9 Å². The molecule has 1 atom stereocenters. The molecule has 24 heavy (non-hydrogen) atoms. The van der Waals surface area contributed by atoms with Crippen LogP contribution in [0.3, 0.4) is 0 Å². The van der Waals surface area contributed by atoms with Gasteiger partial charge in [0, 0.05) is 22.0 Å². The van der Waals surface area contributed by atoms with Gasteiger partial charge in [-0.05, 0) is 56.3 Å². The third-order valence-electron chi connectivity index (χ3n) is 4.09. The Hall–Kier alpha value is -2.01. The summed E-state index contributed by atoms with van der Waals surface area (Å²) in [4.78, 5) is 12.6. The SMILES string of the molecule is COc1ccc2c(c1)C(NC(=O)c1ccc(Br)cc1)CC(C)(C)O2. The average Bonchev–Trinajstić information content (AvgIpc) is 2.54. The number of rotatable bonds is 3. The van der Waals surface area contributed by atoms with Crippen molar-refractivity contribution in [3.05, 3.63) is 58.1 Å². The molecule has 1 N–H and O–H groups in total. The molecule has 1 amide bonds. The fourth-order valence-electron chi connectivity index (χ4n) is 2.93. The number of ether oxygens (including phenoxy) is 2. The minimum atomic E-state index is -0.348. The van der Waals surface area contributed by atoms with Crippen molar-refractivity contribution in [2.45, 2.75) is 31.9 Å². The van der Waals surface area contributed by atoms with E-state index in [1.165, 1.54) is 0 Å². The van der Waals surface area contributed by atoms with Crippen LogP contribution in [0, 0.1) is 0 Å². The zero-order valence-corrected chi connectivity index (χ0v) is 15.5. The van der Waals surface area contributed by atoms with Crippen LogP contribution in [-0.2, 0) is 0 Å². The lowest BCUT2D eigenvalue weighted by atomic mass is 9.89. The Morgan fingerprint density at radius 2 is 1.96 bits per heavy atom. The molecule has 5 heteroatoms. The van der Waals surface area contributed by atoms with Crippen LogP contribution in [-0.4, -0.2) is 18.6 Å². The van der Waals surface area contributed by atoms with Gasteiger partial charge in [0.05, 0.1) is 13.2 Å². The molecule has 0 bridgehead atoms. The maximum absolute atomic E-state index is 12.6. The molecule has 0 spiro atoms. The molecular weight excluding hydrogens is 370 g/mol. The first-order valence-corrected chi connectivity index (χ1v) is 8.61. The second-order valence-electron chi connectivity index (χ2n) is 6.50. The Morgan fingerprint density at radius 3 is 2.62 bits per heavy atom. The van der Waals surface area contributed by atoms with Gasteiger partial charge in [0.15, 0.2) is 0 Å². The van der Waals surface area contributed by atoms with Crippen molar-refractivity contribution in [1.29, 1.82) is 0 Å². The topological polar surface area (TPSA) is 47.6 Å². The van der Waals surface area contributed by atoms with Crippen LogP contribution in [0.25, 0.3) is 0 Å². The molecule has 126 valence electrons. The Bertz CT molecular complexity index is 756. The summed E-state index contributed by atoms with van der Waals surface area (Å²) in [5.41, 5.74) is 1.23. The summed E-state index contributed by atoms with van der Waals surface area (Å²) in [6, 6.07) is 12.9. The minimum Gasteiger partial charge on any atom is -0.497 e. The number of nitrogens with one attached hydrogen (secondary N) is 1. The second-order valence-corrected chi connectivity index (χ2v) is 7.42. The van der Waals surface area contributed by atoms with E-state index < -0.39 is 0 Å². The molecule has 1 heterocycles. The number of amides is 1. The smallest absolute Gasteiger partial charge is 0.251 e. The fraction of sp³-hybridized carbons (Fsp3) is 0.316. The lowest BCUT2D eigenvalue weighted by Gasteiger charge is -2.38. The van der Waals surface area contributed by atoms with Crippen molar-refractivity contribution >= 4 is 21.8 Å². The van der Waals surface area contributed by atoms with Crippen LogP contribution in [0.2, 0.25) is 0 Å². The van der Waals surface area contributed by atoms with Gasteiger partial charge in [-0.1, -0.05) is 15.9 Å². The predicted octanol–water partition coefficient (Wildman–Crippen LogP) is 4.49. The normalized spacial score (nSPS) is 18.2. The molecule has 0 radical (unpaired) electrons. The Balaban J connectivity index is 1.89. The van der Waals surface area contributed by atoms with E-state index in [1.54, 1.807) is 19.2 Å². The summed E-state index contributed by atoms with van der Waals surface area (Å²) in [6.07, 6.45) is 0.690. The van der Waals surface area contributed by atoms with E-state index in [-0.39, 0.29) is 17.6 Å². The van der Waals surface area contributed by atoms with Gasteiger partial charge < -0.3 is 14.8 Å². The van der Waals surface area contributed by atoms with Crippen molar-refractivity contribution in [2.24, 2.45) is 0 Å². The number of hydrogen-bond donors (Lipinski definition) is 1. The van der Waals surface area contributed by atoms with E-state index in [4.69, 9.17) is 9.47 Å². The number of carbonyl (C=O) groups is 1. The molecule has 0 saturated carbocycles. The van der Waals surface area contributed by atoms with Gasteiger partial charge in [-0.15, -0.1) is 0 Å². The van der Waals surface area contributed by atoms with E-state index in [1.807, 2.05) is 44.2 Å². The molecule has 1 unspecified atom stereocenters. The third kappa shape index (κ3) is 3.56. The average molecular weight is 390 g/mol. The number of hydrogen-bond acceptors (Lipinski definition) is 3. The predicted molar refractivity (Wildman–Crippen MR) is 96.7 cm³/mol. The Morgan fingerprint density at radius 1 is 1.25 bits per heavy atom. The maximum atomic E-state index is 12.6. The summed E-state index contributed by atoms with van der Waals surface area (Å²) in [5.74, 6) is 1.44. The van der Waals surface area contributed by atoms with Gasteiger partial charge in [-0.25, -0.2) is 0 Å². The van der Waals surface area contributed by atoms with E-state index in [9.17, 15) is 4.79 Å². The van der Waals surface area contributed by atoms with Gasteiger partial charge >= 0.3 is 0 Å². The molecular formula is C19H20BrNO3. The van der Waals surface area contributed by atoms with Crippen molar-refractivity contribution in [1.82, 2.24) is 5.32 Å². The molecule has 1 aliphatic rings. The van der Waals surface area contributed by atoms with Crippen molar-refractivity contribution in [2.75, 3.05) is 7.11 Å². The number of benzene rings is 2. The standard InChI is InChI=1S/C19H20BrNO3/c1-19(2)11-16(15-10-14(23-3)8-9-17(15)24-19)21-18(22)12-4-6-13(20)7-5-12/h4-10,16H,11H2,1-3H3,(H,21,22). The van der Waals surface area contributed by atoms with E-state index in [0.717, 1.165) is 21.5 Å². The summed E-state index contributed by atoms with van der Waals surface area (Å²) in [7, 11) is 1.63. The lowest BCUT2D eigenvalue weighted by molar-refractivity contribution is 0.0618. The first kappa shape index (κ1) is 16.8. The van der Waals surface area contributed by atoms with Gasteiger partial charge in [0.2, 0.25) is 0 Å². The van der Waals surface area contributed by atoms with Gasteiger partial charge in [0.25, 0.3) is 5.91 Å². The van der Waals surface area contributed by atoms with Gasteiger partial charge in [-0.3, -0.25) is 4.79 Å². The zero-order chi connectivity index (χ0) is 17.3.